The quantitative estimate of drug-likeness (QED) is 0.241. The number of amidine groups is 1. The number of rotatable bonds is 5. The summed E-state index contributed by atoms with van der Waals surface area (Å²) >= 11 is 1.52. The number of hydrogen-bond acceptors (Lipinski definition) is 3. The van der Waals surface area contributed by atoms with Crippen LogP contribution in [0.25, 0.3) is 17.0 Å². The highest BCUT2D eigenvalue weighted by Crippen LogP contribution is 2.41. The lowest BCUT2D eigenvalue weighted by atomic mass is 9.85. The second-order valence-electron chi connectivity index (χ2n) is 10.9. The normalized spacial score (nSPS) is 21.9. The molecule has 0 bridgehead atoms. The van der Waals surface area contributed by atoms with E-state index < -0.39 is 0 Å². The smallest absolute Gasteiger partial charge is 0.267 e. The molecule has 1 aliphatic carbocycles. The van der Waals surface area contributed by atoms with Crippen LogP contribution in [0, 0.1) is 19.8 Å². The predicted octanol–water partition coefficient (Wildman–Crippen LogP) is 8.49. The Morgan fingerprint density at radius 1 is 0.949 bits per heavy atom. The van der Waals surface area contributed by atoms with Gasteiger partial charge in [0.05, 0.1) is 10.6 Å². The number of para-hydroxylation sites is 2. The lowest BCUT2D eigenvalue weighted by molar-refractivity contribution is -0.124. The van der Waals surface area contributed by atoms with Crippen molar-refractivity contribution in [1.29, 1.82) is 0 Å². The van der Waals surface area contributed by atoms with Crippen molar-refractivity contribution >= 4 is 45.5 Å². The lowest BCUT2D eigenvalue weighted by Crippen LogP contribution is -2.44. The molecule has 0 unspecified atom stereocenters. The average molecular weight is 534 g/mol. The zero-order valence-electron chi connectivity index (χ0n) is 22.9. The van der Waals surface area contributed by atoms with Crippen LogP contribution in [0.15, 0.2) is 88.8 Å². The van der Waals surface area contributed by atoms with Gasteiger partial charge in [0.2, 0.25) is 0 Å². The van der Waals surface area contributed by atoms with Crippen molar-refractivity contribution in [2.75, 3.05) is 0 Å². The molecule has 39 heavy (non-hydrogen) atoms. The molecule has 1 aromatic heterocycles. The van der Waals surface area contributed by atoms with E-state index in [0.29, 0.717) is 5.92 Å². The van der Waals surface area contributed by atoms with Gasteiger partial charge in [0.25, 0.3) is 5.91 Å². The number of aliphatic imine (C=N–C) groups is 1. The summed E-state index contributed by atoms with van der Waals surface area (Å²) in [4.78, 5) is 21.8. The van der Waals surface area contributed by atoms with Gasteiger partial charge in [0.1, 0.15) is 0 Å². The van der Waals surface area contributed by atoms with Crippen LogP contribution in [0.2, 0.25) is 0 Å². The maximum atomic E-state index is 14.1. The number of hydrogen-bond donors (Lipinski definition) is 0. The summed E-state index contributed by atoms with van der Waals surface area (Å²) in [5, 5.41) is 1.98. The van der Waals surface area contributed by atoms with Gasteiger partial charge in [-0.2, -0.15) is 0 Å². The average Bonchev–Trinajstić information content (AvgIpc) is 3.38. The van der Waals surface area contributed by atoms with E-state index in [9.17, 15) is 4.79 Å². The number of aryl methyl sites for hydroxylation is 1. The molecule has 4 nitrogen and oxygen atoms in total. The van der Waals surface area contributed by atoms with Gasteiger partial charge in [-0.25, -0.2) is 4.99 Å². The van der Waals surface area contributed by atoms with E-state index in [4.69, 9.17) is 4.99 Å². The number of nitrogens with zero attached hydrogens (tertiary/aromatic N) is 3. The summed E-state index contributed by atoms with van der Waals surface area (Å²) in [6.45, 7) is 7.39. The van der Waals surface area contributed by atoms with E-state index >= 15 is 0 Å². The number of carbonyl (C=O) groups is 1. The maximum Gasteiger partial charge on any atom is 0.267 e. The highest BCUT2D eigenvalue weighted by atomic mass is 32.2. The van der Waals surface area contributed by atoms with Gasteiger partial charge in [-0.3, -0.25) is 9.69 Å². The fourth-order valence-electron chi connectivity index (χ4n) is 6.12. The van der Waals surface area contributed by atoms with Gasteiger partial charge in [-0.15, -0.1) is 0 Å². The topological polar surface area (TPSA) is 37.6 Å². The van der Waals surface area contributed by atoms with E-state index in [0.717, 1.165) is 47.1 Å². The molecular weight excluding hydrogens is 498 g/mol. The van der Waals surface area contributed by atoms with Gasteiger partial charge >= 0.3 is 0 Å². The number of thioether (sulfide) groups is 1. The Bertz CT molecular complexity index is 1580. The van der Waals surface area contributed by atoms with Crippen LogP contribution in [0.5, 0.6) is 0 Å². The molecule has 1 amide bonds. The zero-order valence-corrected chi connectivity index (χ0v) is 23.7. The first kappa shape index (κ1) is 25.7. The van der Waals surface area contributed by atoms with E-state index in [-0.39, 0.29) is 11.9 Å². The molecular formula is C34H35N3OS. The minimum absolute atomic E-state index is 0.0864. The third-order valence-electron chi connectivity index (χ3n) is 8.19. The number of amides is 1. The standard InChI is InChI=1S/C34H35N3OS/c1-23-12-11-14-26(20-23)22-36-25(3)29(28-17-8-10-19-31(28)36)21-32-33(38)37(30-18-9-7-13-24(30)2)34(39-32)35-27-15-5-4-6-16-27/h4-6,8,10-12,14-17,19-21,24,30H,7,9,13,18,22H2,1-3H3/b32-21-,35-34?/t24-,30-/m1/s1. The van der Waals surface area contributed by atoms with Gasteiger partial charge in [-0.1, -0.05) is 86.0 Å². The summed E-state index contributed by atoms with van der Waals surface area (Å²) in [5.74, 6) is 0.546. The van der Waals surface area contributed by atoms with E-state index in [2.05, 4.69) is 79.9 Å². The minimum atomic E-state index is 0.0864. The number of aromatic nitrogens is 1. The monoisotopic (exact) mass is 533 g/mol. The molecule has 2 aliphatic rings. The van der Waals surface area contributed by atoms with Crippen molar-refractivity contribution in [3.63, 3.8) is 0 Å². The minimum Gasteiger partial charge on any atom is -0.340 e. The van der Waals surface area contributed by atoms with Crippen LogP contribution >= 0.6 is 11.8 Å². The molecule has 1 aliphatic heterocycles. The molecule has 1 saturated heterocycles. The summed E-state index contributed by atoms with van der Waals surface area (Å²) in [6, 6.07) is 27.4. The fraction of sp³-hybridized carbons (Fsp3) is 0.294. The Labute approximate surface area is 235 Å². The van der Waals surface area contributed by atoms with Gasteiger partial charge in [0, 0.05) is 34.7 Å². The Kier molecular flexibility index (Phi) is 7.18. The summed E-state index contributed by atoms with van der Waals surface area (Å²) in [7, 11) is 0. The largest absolute Gasteiger partial charge is 0.340 e. The molecule has 1 saturated carbocycles. The summed E-state index contributed by atoms with van der Waals surface area (Å²) in [5.41, 5.74) is 6.90. The Morgan fingerprint density at radius 3 is 2.51 bits per heavy atom. The van der Waals surface area contributed by atoms with Crippen LogP contribution in [0.4, 0.5) is 5.69 Å². The second kappa shape index (κ2) is 10.9. The highest BCUT2D eigenvalue weighted by Gasteiger charge is 2.41. The van der Waals surface area contributed by atoms with Crippen LogP contribution in [0.1, 0.15) is 55.0 Å². The third-order valence-corrected chi connectivity index (χ3v) is 9.18. The first-order chi connectivity index (χ1) is 19.0. The predicted molar refractivity (Wildman–Crippen MR) is 164 cm³/mol. The van der Waals surface area contributed by atoms with Crippen molar-refractivity contribution in [2.45, 2.75) is 59.0 Å². The van der Waals surface area contributed by atoms with Crippen molar-refractivity contribution in [2.24, 2.45) is 10.9 Å². The molecule has 5 heteroatoms. The molecule has 0 radical (unpaired) electrons. The molecule has 2 heterocycles. The van der Waals surface area contributed by atoms with Crippen LogP contribution in [-0.4, -0.2) is 26.6 Å². The molecule has 198 valence electrons. The first-order valence-electron chi connectivity index (χ1n) is 14.0. The maximum absolute atomic E-state index is 14.1. The number of benzene rings is 3. The third kappa shape index (κ3) is 5.08. The summed E-state index contributed by atoms with van der Waals surface area (Å²) in [6.07, 6.45) is 6.70. The lowest BCUT2D eigenvalue weighted by Gasteiger charge is -2.35. The molecule has 4 aromatic rings. The molecule has 2 fully saturated rings. The van der Waals surface area contributed by atoms with E-state index in [1.807, 2.05) is 35.2 Å². The Morgan fingerprint density at radius 2 is 1.72 bits per heavy atom. The number of fused-ring (bicyclic) bond motifs is 1. The van der Waals surface area contributed by atoms with E-state index in [1.165, 1.54) is 45.9 Å². The van der Waals surface area contributed by atoms with Gasteiger partial charge < -0.3 is 4.57 Å². The van der Waals surface area contributed by atoms with Crippen LogP contribution in [0.3, 0.4) is 0 Å². The van der Waals surface area contributed by atoms with Crippen LogP contribution < -0.4 is 0 Å². The zero-order chi connectivity index (χ0) is 26.9. The fourth-order valence-corrected chi connectivity index (χ4v) is 7.15. The second-order valence-corrected chi connectivity index (χ2v) is 11.9. The highest BCUT2D eigenvalue weighted by molar-refractivity contribution is 8.18. The van der Waals surface area contributed by atoms with Crippen molar-refractivity contribution in [3.05, 3.63) is 106 Å². The SMILES string of the molecule is Cc1cccc(Cn2c(C)c(/C=C3\SC(=Nc4ccccc4)N([C@@H]4CCCC[C@H]4C)C3=O)c3ccccc32)c1. The van der Waals surface area contributed by atoms with E-state index in [1.54, 1.807) is 0 Å². The first-order valence-corrected chi connectivity index (χ1v) is 14.8. The summed E-state index contributed by atoms with van der Waals surface area (Å²) < 4.78 is 2.38. The molecule has 0 spiro atoms. The molecule has 3 aromatic carbocycles. The molecule has 6 rings (SSSR count). The van der Waals surface area contributed by atoms with Crippen molar-refractivity contribution < 1.29 is 4.79 Å². The molecule has 2 atom stereocenters. The van der Waals surface area contributed by atoms with Gasteiger partial charge in [0.15, 0.2) is 5.17 Å². The van der Waals surface area contributed by atoms with Gasteiger partial charge in [-0.05, 0) is 74.2 Å². The van der Waals surface area contributed by atoms with Crippen molar-refractivity contribution in [1.82, 2.24) is 9.47 Å². The Hall–Kier alpha value is -3.57. The van der Waals surface area contributed by atoms with Crippen LogP contribution in [-0.2, 0) is 11.3 Å². The van der Waals surface area contributed by atoms with Crippen molar-refractivity contribution in [3.8, 4) is 0 Å². The number of carbonyl (C=O) groups excluding carboxylic acids is 1. The molecule has 0 N–H and O–H groups in total. The Balaban J connectivity index is 1.43.